The Labute approximate surface area is 160 Å². The number of hydrogen-bond donors (Lipinski definition) is 1. The molecule has 0 saturated carbocycles. The van der Waals surface area contributed by atoms with Crippen molar-refractivity contribution < 1.29 is 22.4 Å². The molecule has 2 heterocycles. The van der Waals surface area contributed by atoms with Crippen LogP contribution in [-0.4, -0.2) is 15.3 Å². The van der Waals surface area contributed by atoms with Crippen LogP contribution in [0.2, 0.25) is 0 Å². The number of amides is 1. The molecule has 0 bridgehead atoms. The molecule has 1 amide bonds. The number of halogens is 4. The van der Waals surface area contributed by atoms with Gasteiger partial charge in [-0.2, -0.15) is 13.2 Å². The fourth-order valence-corrected chi connectivity index (χ4v) is 3.58. The number of imidazole rings is 1. The van der Waals surface area contributed by atoms with Crippen molar-refractivity contribution in [2.24, 2.45) is 0 Å². The largest absolute Gasteiger partial charge is 0.416 e. The predicted molar refractivity (Wildman–Crippen MR) is 97.9 cm³/mol. The number of rotatable bonds is 3. The number of carbonyl (C=O) groups excluding carboxylic acids is 1. The average molecular weight is 405 g/mol. The van der Waals surface area contributed by atoms with E-state index in [-0.39, 0.29) is 5.69 Å². The molecule has 0 spiro atoms. The van der Waals surface area contributed by atoms with Gasteiger partial charge in [-0.1, -0.05) is 23.5 Å². The van der Waals surface area contributed by atoms with Crippen molar-refractivity contribution in [1.29, 1.82) is 0 Å². The smallest absolute Gasteiger partial charge is 0.321 e. The molecule has 0 aliphatic carbocycles. The second kappa shape index (κ2) is 6.75. The van der Waals surface area contributed by atoms with Crippen molar-refractivity contribution >= 4 is 27.9 Å². The van der Waals surface area contributed by atoms with Crippen LogP contribution in [0.3, 0.4) is 0 Å². The highest BCUT2D eigenvalue weighted by Crippen LogP contribution is 2.34. The third-order valence-corrected chi connectivity index (χ3v) is 5.01. The molecular formula is C19H11F4N3OS. The quantitative estimate of drug-likeness (QED) is 0.459. The topological polar surface area (TPSA) is 46.4 Å². The minimum Gasteiger partial charge on any atom is -0.321 e. The van der Waals surface area contributed by atoms with Crippen LogP contribution in [0.1, 0.15) is 16.1 Å². The third kappa shape index (κ3) is 3.61. The van der Waals surface area contributed by atoms with Gasteiger partial charge in [-0.25, -0.2) is 9.37 Å². The fourth-order valence-electron chi connectivity index (χ4n) is 2.62. The SMILES string of the molecule is O=C(Nc1ccc(F)cc1)c1cn2cc(-c3cccc(C(F)(F)F)c3)sc2n1. The Hall–Kier alpha value is -3.20. The minimum atomic E-state index is -4.42. The van der Waals surface area contributed by atoms with E-state index in [1.807, 2.05) is 0 Å². The highest BCUT2D eigenvalue weighted by atomic mass is 32.1. The number of alkyl halides is 3. The van der Waals surface area contributed by atoms with Crippen LogP contribution in [0.15, 0.2) is 60.9 Å². The molecule has 4 rings (SSSR count). The molecule has 0 unspecified atom stereocenters. The Balaban J connectivity index is 1.58. The second-order valence-corrected chi connectivity index (χ2v) is 6.96. The number of benzene rings is 2. The van der Waals surface area contributed by atoms with E-state index >= 15 is 0 Å². The van der Waals surface area contributed by atoms with Gasteiger partial charge in [0.1, 0.15) is 11.5 Å². The Kier molecular flexibility index (Phi) is 4.38. The van der Waals surface area contributed by atoms with Gasteiger partial charge in [-0.3, -0.25) is 9.20 Å². The molecule has 9 heteroatoms. The van der Waals surface area contributed by atoms with Crippen molar-refractivity contribution in [2.75, 3.05) is 5.32 Å². The Bertz CT molecular complexity index is 1130. The first-order valence-electron chi connectivity index (χ1n) is 8.03. The predicted octanol–water partition coefficient (Wildman–Crippen LogP) is 5.47. The first-order chi connectivity index (χ1) is 13.3. The zero-order chi connectivity index (χ0) is 19.9. The molecule has 1 N–H and O–H groups in total. The number of fused-ring (bicyclic) bond motifs is 1. The summed E-state index contributed by atoms with van der Waals surface area (Å²) in [5.41, 5.74) is 0.261. The van der Waals surface area contributed by atoms with Crippen LogP contribution in [-0.2, 0) is 6.18 Å². The summed E-state index contributed by atoms with van der Waals surface area (Å²) < 4.78 is 53.2. The fraction of sp³-hybridized carbons (Fsp3) is 0.0526. The monoisotopic (exact) mass is 405 g/mol. The Morgan fingerprint density at radius 1 is 1.07 bits per heavy atom. The molecule has 4 nitrogen and oxygen atoms in total. The maximum atomic E-state index is 12.9. The van der Waals surface area contributed by atoms with Gasteiger partial charge in [0.15, 0.2) is 4.96 Å². The summed E-state index contributed by atoms with van der Waals surface area (Å²) in [4.78, 5) is 17.6. The second-order valence-electron chi connectivity index (χ2n) is 5.95. The average Bonchev–Trinajstić information content (AvgIpc) is 3.22. The lowest BCUT2D eigenvalue weighted by molar-refractivity contribution is -0.137. The van der Waals surface area contributed by atoms with Crippen LogP contribution in [0, 0.1) is 5.82 Å². The number of nitrogens with one attached hydrogen (secondary N) is 1. The van der Waals surface area contributed by atoms with Gasteiger partial charge in [-0.05, 0) is 42.0 Å². The molecule has 0 aliphatic rings. The molecular weight excluding hydrogens is 394 g/mol. The van der Waals surface area contributed by atoms with E-state index in [1.54, 1.807) is 16.7 Å². The van der Waals surface area contributed by atoms with Gasteiger partial charge >= 0.3 is 6.18 Å². The summed E-state index contributed by atoms with van der Waals surface area (Å²) in [6.45, 7) is 0. The van der Waals surface area contributed by atoms with E-state index in [4.69, 9.17) is 0 Å². The van der Waals surface area contributed by atoms with Crippen molar-refractivity contribution in [1.82, 2.24) is 9.38 Å². The van der Waals surface area contributed by atoms with Crippen molar-refractivity contribution in [3.63, 3.8) is 0 Å². The van der Waals surface area contributed by atoms with Crippen molar-refractivity contribution in [2.45, 2.75) is 6.18 Å². The molecule has 0 aliphatic heterocycles. The molecule has 142 valence electrons. The zero-order valence-corrected chi connectivity index (χ0v) is 14.8. The van der Waals surface area contributed by atoms with E-state index in [1.165, 1.54) is 47.9 Å². The summed E-state index contributed by atoms with van der Waals surface area (Å²) in [6, 6.07) is 10.3. The van der Waals surface area contributed by atoms with E-state index in [0.717, 1.165) is 12.1 Å². The molecule has 2 aromatic carbocycles. The molecule has 4 aromatic rings. The van der Waals surface area contributed by atoms with E-state index < -0.39 is 23.5 Å². The first-order valence-corrected chi connectivity index (χ1v) is 8.84. The highest BCUT2D eigenvalue weighted by molar-refractivity contribution is 7.20. The Morgan fingerprint density at radius 2 is 1.82 bits per heavy atom. The van der Waals surface area contributed by atoms with Gasteiger partial charge in [0.25, 0.3) is 5.91 Å². The third-order valence-electron chi connectivity index (χ3n) is 3.97. The van der Waals surface area contributed by atoms with Crippen LogP contribution in [0.5, 0.6) is 0 Å². The van der Waals surface area contributed by atoms with Gasteiger partial charge < -0.3 is 5.32 Å². The maximum Gasteiger partial charge on any atom is 0.416 e. The van der Waals surface area contributed by atoms with Gasteiger partial charge in [-0.15, -0.1) is 0 Å². The Morgan fingerprint density at radius 3 is 2.50 bits per heavy atom. The van der Waals surface area contributed by atoms with Gasteiger partial charge in [0, 0.05) is 18.1 Å². The van der Waals surface area contributed by atoms with E-state index in [9.17, 15) is 22.4 Å². The number of anilines is 1. The summed E-state index contributed by atoms with van der Waals surface area (Å²) in [6.07, 6.45) is -1.31. The zero-order valence-electron chi connectivity index (χ0n) is 14.0. The molecule has 28 heavy (non-hydrogen) atoms. The summed E-state index contributed by atoms with van der Waals surface area (Å²) in [5, 5.41) is 2.60. The maximum absolute atomic E-state index is 12.9. The van der Waals surface area contributed by atoms with Crippen molar-refractivity contribution in [3.8, 4) is 10.4 Å². The lowest BCUT2D eigenvalue weighted by Crippen LogP contribution is -2.12. The molecule has 0 saturated heterocycles. The van der Waals surface area contributed by atoms with Crippen LogP contribution < -0.4 is 5.32 Å². The molecule has 0 fully saturated rings. The number of thiazole rings is 1. The molecule has 2 aromatic heterocycles. The van der Waals surface area contributed by atoms with Crippen LogP contribution >= 0.6 is 11.3 Å². The number of carbonyl (C=O) groups is 1. The molecule has 0 atom stereocenters. The first kappa shape index (κ1) is 18.2. The number of nitrogens with zero attached hydrogens (tertiary/aromatic N) is 2. The lowest BCUT2D eigenvalue weighted by atomic mass is 10.1. The van der Waals surface area contributed by atoms with Crippen molar-refractivity contribution in [3.05, 3.63) is 78.0 Å². The van der Waals surface area contributed by atoms with Gasteiger partial charge in [0.2, 0.25) is 0 Å². The van der Waals surface area contributed by atoms with Gasteiger partial charge in [0.05, 0.1) is 10.4 Å². The highest BCUT2D eigenvalue weighted by Gasteiger charge is 2.30. The standard InChI is InChI=1S/C19H11F4N3OS/c20-13-4-6-14(7-5-13)24-17(27)15-9-26-10-16(28-18(26)25-15)11-2-1-3-12(8-11)19(21,22)23/h1-10H,(H,24,27). The summed E-state index contributed by atoms with van der Waals surface area (Å²) in [5.74, 6) is -0.884. The van der Waals surface area contributed by atoms with E-state index in [0.29, 0.717) is 21.1 Å². The van der Waals surface area contributed by atoms with Crippen LogP contribution in [0.4, 0.5) is 23.2 Å². The number of hydrogen-bond acceptors (Lipinski definition) is 3. The summed E-state index contributed by atoms with van der Waals surface area (Å²) in [7, 11) is 0. The van der Waals surface area contributed by atoms with Crippen LogP contribution in [0.25, 0.3) is 15.4 Å². The number of aromatic nitrogens is 2. The summed E-state index contributed by atoms with van der Waals surface area (Å²) >= 11 is 1.17. The lowest BCUT2D eigenvalue weighted by Gasteiger charge is -2.07. The minimum absolute atomic E-state index is 0.145. The molecule has 0 radical (unpaired) electrons. The normalized spacial score (nSPS) is 11.7. The van der Waals surface area contributed by atoms with E-state index in [2.05, 4.69) is 10.3 Å².